The van der Waals surface area contributed by atoms with Crippen LogP contribution in [0.25, 0.3) is 11.1 Å². The van der Waals surface area contributed by atoms with E-state index in [9.17, 15) is 13.6 Å². The summed E-state index contributed by atoms with van der Waals surface area (Å²) in [7, 11) is 1.76. The van der Waals surface area contributed by atoms with Gasteiger partial charge in [0.25, 0.3) is 5.91 Å². The number of nitrogens with zero attached hydrogens (tertiary/aromatic N) is 2. The second-order valence-corrected chi connectivity index (χ2v) is 5.43. The fourth-order valence-corrected chi connectivity index (χ4v) is 2.52. The normalized spacial score (nSPS) is 10.7. The van der Waals surface area contributed by atoms with Crippen molar-refractivity contribution in [2.75, 3.05) is 5.32 Å². The molecule has 0 fully saturated rings. The summed E-state index contributed by atoms with van der Waals surface area (Å²) in [6.07, 6.45) is 1.73. The lowest BCUT2D eigenvalue weighted by Gasteiger charge is -2.08. The molecule has 1 amide bonds. The van der Waals surface area contributed by atoms with E-state index in [2.05, 4.69) is 10.4 Å². The molecule has 1 N–H and O–H groups in total. The molecule has 24 heavy (non-hydrogen) atoms. The predicted octanol–water partition coefficient (Wildman–Crippen LogP) is 3.93. The van der Waals surface area contributed by atoms with Crippen molar-refractivity contribution in [3.63, 3.8) is 0 Å². The first-order valence-corrected chi connectivity index (χ1v) is 7.32. The number of aryl methyl sites for hydroxylation is 2. The Bertz CT molecular complexity index is 918. The molecule has 2 aromatic carbocycles. The molecule has 0 spiro atoms. The maximum Gasteiger partial charge on any atom is 0.258 e. The second-order valence-electron chi connectivity index (χ2n) is 5.43. The first kappa shape index (κ1) is 15.9. The Morgan fingerprint density at radius 1 is 1.08 bits per heavy atom. The molecule has 0 bridgehead atoms. The summed E-state index contributed by atoms with van der Waals surface area (Å²) in [6.45, 7) is 1.79. The molecule has 122 valence electrons. The first-order chi connectivity index (χ1) is 11.5. The van der Waals surface area contributed by atoms with E-state index in [0.29, 0.717) is 16.8 Å². The molecule has 0 atom stereocenters. The molecule has 3 rings (SSSR count). The van der Waals surface area contributed by atoms with Gasteiger partial charge < -0.3 is 5.32 Å². The number of amides is 1. The van der Waals surface area contributed by atoms with Crippen LogP contribution in [0.2, 0.25) is 0 Å². The standard InChI is InChI=1S/C18H15F2N3O/c1-11-15(10-23(2)22-11)13-8-7-12(9-17(13)20)21-18(24)14-5-3-4-6-16(14)19/h3-10H,1-2H3,(H,21,24). The van der Waals surface area contributed by atoms with Crippen molar-refractivity contribution in [2.24, 2.45) is 7.05 Å². The van der Waals surface area contributed by atoms with E-state index < -0.39 is 17.5 Å². The van der Waals surface area contributed by atoms with Crippen LogP contribution in [0.5, 0.6) is 0 Å². The van der Waals surface area contributed by atoms with Crippen molar-refractivity contribution in [1.82, 2.24) is 9.78 Å². The van der Waals surface area contributed by atoms with Crippen molar-refractivity contribution in [2.45, 2.75) is 6.92 Å². The third kappa shape index (κ3) is 3.03. The molecule has 1 aromatic heterocycles. The summed E-state index contributed by atoms with van der Waals surface area (Å²) in [6, 6.07) is 9.97. The van der Waals surface area contributed by atoms with Crippen molar-refractivity contribution in [3.05, 3.63) is 71.6 Å². The molecule has 1 heterocycles. The SMILES string of the molecule is Cc1nn(C)cc1-c1ccc(NC(=O)c2ccccc2F)cc1F. The summed E-state index contributed by atoms with van der Waals surface area (Å²) in [4.78, 5) is 12.1. The van der Waals surface area contributed by atoms with Crippen LogP contribution in [-0.2, 0) is 7.05 Å². The van der Waals surface area contributed by atoms with Gasteiger partial charge in [-0.05, 0) is 37.3 Å². The van der Waals surface area contributed by atoms with Gasteiger partial charge in [0.05, 0.1) is 11.3 Å². The summed E-state index contributed by atoms with van der Waals surface area (Å²) >= 11 is 0. The van der Waals surface area contributed by atoms with Crippen LogP contribution >= 0.6 is 0 Å². The van der Waals surface area contributed by atoms with Crippen molar-refractivity contribution >= 4 is 11.6 Å². The van der Waals surface area contributed by atoms with Gasteiger partial charge in [-0.15, -0.1) is 0 Å². The first-order valence-electron chi connectivity index (χ1n) is 7.32. The Morgan fingerprint density at radius 3 is 2.46 bits per heavy atom. The van der Waals surface area contributed by atoms with Gasteiger partial charge in [-0.2, -0.15) is 5.10 Å². The number of nitrogens with one attached hydrogen (secondary N) is 1. The highest BCUT2D eigenvalue weighted by atomic mass is 19.1. The van der Waals surface area contributed by atoms with E-state index in [1.54, 1.807) is 43.0 Å². The van der Waals surface area contributed by atoms with Crippen LogP contribution in [0.3, 0.4) is 0 Å². The number of hydrogen-bond acceptors (Lipinski definition) is 2. The van der Waals surface area contributed by atoms with Gasteiger partial charge in [0.2, 0.25) is 0 Å². The molecule has 0 radical (unpaired) electrons. The fraction of sp³-hybridized carbons (Fsp3) is 0.111. The lowest BCUT2D eigenvalue weighted by molar-refractivity contribution is 0.102. The molecule has 0 aliphatic carbocycles. The van der Waals surface area contributed by atoms with E-state index in [-0.39, 0.29) is 11.3 Å². The van der Waals surface area contributed by atoms with Gasteiger partial charge in [0, 0.05) is 30.1 Å². The number of hydrogen-bond donors (Lipinski definition) is 1. The number of aromatic nitrogens is 2. The fourth-order valence-electron chi connectivity index (χ4n) is 2.52. The lowest BCUT2D eigenvalue weighted by atomic mass is 10.1. The Kier molecular flexibility index (Phi) is 4.12. The van der Waals surface area contributed by atoms with E-state index in [4.69, 9.17) is 0 Å². The summed E-state index contributed by atoms with van der Waals surface area (Å²) in [5.41, 5.74) is 1.95. The van der Waals surface area contributed by atoms with Gasteiger partial charge >= 0.3 is 0 Å². The highest BCUT2D eigenvalue weighted by Gasteiger charge is 2.14. The van der Waals surface area contributed by atoms with E-state index in [1.807, 2.05) is 0 Å². The average Bonchev–Trinajstić information content (AvgIpc) is 2.86. The van der Waals surface area contributed by atoms with Crippen LogP contribution in [-0.4, -0.2) is 15.7 Å². The Balaban J connectivity index is 1.86. The quantitative estimate of drug-likeness (QED) is 0.792. The molecule has 3 aromatic rings. The summed E-state index contributed by atoms with van der Waals surface area (Å²) in [5.74, 6) is -1.74. The highest BCUT2D eigenvalue weighted by molar-refractivity contribution is 6.04. The van der Waals surface area contributed by atoms with Gasteiger partial charge in [-0.3, -0.25) is 9.48 Å². The third-order valence-corrected chi connectivity index (χ3v) is 3.65. The second kappa shape index (κ2) is 6.23. The maximum atomic E-state index is 14.4. The monoisotopic (exact) mass is 327 g/mol. The molecule has 0 aliphatic heterocycles. The molecular weight excluding hydrogens is 312 g/mol. The minimum absolute atomic E-state index is 0.0925. The van der Waals surface area contributed by atoms with Gasteiger partial charge in [-0.1, -0.05) is 12.1 Å². The number of rotatable bonds is 3. The van der Waals surface area contributed by atoms with Crippen molar-refractivity contribution in [3.8, 4) is 11.1 Å². The number of carbonyl (C=O) groups excluding carboxylic acids is 1. The van der Waals surface area contributed by atoms with Crippen LogP contribution in [0.15, 0.2) is 48.7 Å². The van der Waals surface area contributed by atoms with Crippen LogP contribution in [0.1, 0.15) is 16.1 Å². The van der Waals surface area contributed by atoms with Crippen molar-refractivity contribution in [1.29, 1.82) is 0 Å². The van der Waals surface area contributed by atoms with Crippen LogP contribution in [0, 0.1) is 18.6 Å². The molecular formula is C18H15F2N3O. The number of anilines is 1. The molecule has 6 heteroatoms. The Hall–Kier alpha value is -3.02. The maximum absolute atomic E-state index is 14.4. The minimum Gasteiger partial charge on any atom is -0.322 e. The van der Waals surface area contributed by atoms with Gasteiger partial charge in [0.1, 0.15) is 11.6 Å². The zero-order valence-corrected chi connectivity index (χ0v) is 13.2. The zero-order valence-electron chi connectivity index (χ0n) is 13.2. The molecule has 0 aliphatic rings. The van der Waals surface area contributed by atoms with Crippen molar-refractivity contribution < 1.29 is 13.6 Å². The number of benzene rings is 2. The van der Waals surface area contributed by atoms with Crippen LogP contribution in [0.4, 0.5) is 14.5 Å². The average molecular weight is 327 g/mol. The van der Waals surface area contributed by atoms with Crippen LogP contribution < -0.4 is 5.32 Å². The summed E-state index contributed by atoms with van der Waals surface area (Å²) < 4.78 is 29.6. The Morgan fingerprint density at radius 2 is 1.83 bits per heavy atom. The highest BCUT2D eigenvalue weighted by Crippen LogP contribution is 2.27. The smallest absolute Gasteiger partial charge is 0.258 e. The topological polar surface area (TPSA) is 46.9 Å². The Labute approximate surface area is 137 Å². The van der Waals surface area contributed by atoms with Gasteiger partial charge in [0.15, 0.2) is 0 Å². The third-order valence-electron chi connectivity index (χ3n) is 3.65. The summed E-state index contributed by atoms with van der Waals surface area (Å²) in [5, 5.41) is 6.69. The lowest BCUT2D eigenvalue weighted by Crippen LogP contribution is -2.13. The van der Waals surface area contributed by atoms with E-state index in [1.165, 1.54) is 24.3 Å². The van der Waals surface area contributed by atoms with E-state index >= 15 is 0 Å². The van der Waals surface area contributed by atoms with Gasteiger partial charge in [-0.25, -0.2) is 8.78 Å². The molecule has 0 unspecified atom stereocenters. The van der Waals surface area contributed by atoms with E-state index in [0.717, 1.165) is 0 Å². The zero-order chi connectivity index (χ0) is 17.3. The largest absolute Gasteiger partial charge is 0.322 e. The molecule has 4 nitrogen and oxygen atoms in total. The minimum atomic E-state index is -0.627. The number of halogens is 2. The molecule has 0 saturated heterocycles. The number of carbonyl (C=O) groups is 1. The molecule has 0 saturated carbocycles. The predicted molar refractivity (Wildman–Crippen MR) is 87.7 cm³/mol.